The van der Waals surface area contributed by atoms with Gasteiger partial charge in [0.1, 0.15) is 0 Å². The molecule has 2 aliphatic rings. The smallest absolute Gasteiger partial charge is 0.241 e. The van der Waals surface area contributed by atoms with Gasteiger partial charge in [-0.05, 0) is 24.2 Å². The number of nitrogens with zero attached hydrogens (tertiary/aromatic N) is 1. The van der Waals surface area contributed by atoms with Crippen LogP contribution in [0.3, 0.4) is 0 Å². The summed E-state index contributed by atoms with van der Waals surface area (Å²) in [7, 11) is 0. The lowest BCUT2D eigenvalue weighted by molar-refractivity contribution is -0.131. The molecule has 3 heteroatoms. The van der Waals surface area contributed by atoms with Crippen LogP contribution in [0.15, 0.2) is 0 Å². The highest BCUT2D eigenvalue weighted by molar-refractivity contribution is 5.84. The molecule has 2 fully saturated rings. The minimum absolute atomic E-state index is 0.0497. The van der Waals surface area contributed by atoms with Crippen LogP contribution in [0.2, 0.25) is 0 Å². The highest BCUT2D eigenvalue weighted by Crippen LogP contribution is 2.41. The second kappa shape index (κ2) is 3.78. The molecular formula is C12H22N2O. The number of hydrogen-bond acceptors (Lipinski definition) is 2. The van der Waals surface area contributed by atoms with E-state index in [1.54, 1.807) is 0 Å². The number of rotatable bonds is 3. The van der Waals surface area contributed by atoms with Crippen LogP contribution in [0.5, 0.6) is 0 Å². The molecule has 0 spiro atoms. The summed E-state index contributed by atoms with van der Waals surface area (Å²) in [5, 5.41) is 3.30. The van der Waals surface area contributed by atoms with E-state index < -0.39 is 0 Å². The Labute approximate surface area is 92.2 Å². The summed E-state index contributed by atoms with van der Waals surface area (Å²) >= 11 is 0. The Balaban J connectivity index is 1.92. The Kier molecular flexibility index (Phi) is 2.75. The van der Waals surface area contributed by atoms with Gasteiger partial charge in [-0.25, -0.2) is 0 Å². The maximum atomic E-state index is 12.0. The molecule has 0 bridgehead atoms. The molecule has 1 N–H and O–H groups in total. The van der Waals surface area contributed by atoms with Crippen molar-refractivity contribution in [3.63, 3.8) is 0 Å². The summed E-state index contributed by atoms with van der Waals surface area (Å²) < 4.78 is 0. The van der Waals surface area contributed by atoms with Gasteiger partial charge in [-0.2, -0.15) is 0 Å². The second-order valence-electron chi connectivity index (χ2n) is 5.78. The zero-order chi connectivity index (χ0) is 11.1. The molecule has 3 nitrogen and oxygen atoms in total. The van der Waals surface area contributed by atoms with Crippen LogP contribution >= 0.6 is 0 Å². The molecule has 1 amide bonds. The molecule has 1 aliphatic carbocycles. The average Bonchev–Trinajstić information content (AvgIpc) is 2.45. The van der Waals surface area contributed by atoms with Gasteiger partial charge in [0.2, 0.25) is 5.91 Å². The lowest BCUT2D eigenvalue weighted by atomic mass is 9.70. The van der Waals surface area contributed by atoms with Crippen molar-refractivity contribution in [2.24, 2.45) is 11.3 Å². The zero-order valence-corrected chi connectivity index (χ0v) is 10.0. The first-order valence-corrected chi connectivity index (χ1v) is 6.04. The molecule has 1 saturated heterocycles. The van der Waals surface area contributed by atoms with E-state index in [1.807, 2.05) is 4.90 Å². The van der Waals surface area contributed by atoms with Crippen molar-refractivity contribution in [2.45, 2.75) is 46.1 Å². The number of nitrogens with one attached hydrogen (secondary N) is 1. The van der Waals surface area contributed by atoms with Gasteiger partial charge in [0.25, 0.3) is 0 Å². The van der Waals surface area contributed by atoms with Crippen molar-refractivity contribution in [1.29, 1.82) is 0 Å². The predicted octanol–water partition coefficient (Wildman–Crippen LogP) is 1.59. The van der Waals surface area contributed by atoms with E-state index >= 15 is 0 Å². The molecular weight excluding hydrogens is 188 g/mol. The first-order chi connectivity index (χ1) is 7.02. The summed E-state index contributed by atoms with van der Waals surface area (Å²) in [5.41, 5.74) is 0.406. The minimum atomic E-state index is 0.0497. The molecule has 15 heavy (non-hydrogen) atoms. The Bertz CT molecular complexity index is 258. The van der Waals surface area contributed by atoms with Crippen LogP contribution < -0.4 is 5.32 Å². The van der Waals surface area contributed by atoms with Crippen LogP contribution in [-0.2, 0) is 4.79 Å². The van der Waals surface area contributed by atoms with Gasteiger partial charge in [-0.3, -0.25) is 10.1 Å². The van der Waals surface area contributed by atoms with Crippen LogP contribution in [0, 0.1) is 11.3 Å². The third-order valence-corrected chi connectivity index (χ3v) is 3.88. The average molecular weight is 210 g/mol. The third-order valence-electron chi connectivity index (χ3n) is 3.88. The van der Waals surface area contributed by atoms with E-state index in [4.69, 9.17) is 0 Å². The molecule has 1 atom stereocenters. The normalized spacial score (nSPS) is 29.7. The molecule has 0 aromatic heterocycles. The van der Waals surface area contributed by atoms with E-state index in [9.17, 15) is 4.79 Å². The molecule has 1 saturated carbocycles. The summed E-state index contributed by atoms with van der Waals surface area (Å²) in [6, 6.07) is 0.0497. The van der Waals surface area contributed by atoms with Crippen molar-refractivity contribution in [3.05, 3.63) is 0 Å². The summed E-state index contributed by atoms with van der Waals surface area (Å²) in [5.74, 6) is 0.704. The molecule has 0 aromatic rings. The van der Waals surface area contributed by atoms with E-state index in [1.165, 1.54) is 19.3 Å². The van der Waals surface area contributed by atoms with E-state index in [2.05, 4.69) is 26.1 Å². The minimum Gasteiger partial charge on any atom is -0.328 e. The Morgan fingerprint density at radius 1 is 1.53 bits per heavy atom. The fourth-order valence-corrected chi connectivity index (χ4v) is 2.62. The van der Waals surface area contributed by atoms with Gasteiger partial charge in [0.15, 0.2) is 0 Å². The van der Waals surface area contributed by atoms with Gasteiger partial charge in [0, 0.05) is 6.54 Å². The van der Waals surface area contributed by atoms with Gasteiger partial charge in [-0.1, -0.05) is 27.2 Å². The summed E-state index contributed by atoms with van der Waals surface area (Å²) in [6.45, 7) is 8.19. The van der Waals surface area contributed by atoms with Gasteiger partial charge >= 0.3 is 0 Å². The highest BCUT2D eigenvalue weighted by Gasteiger charge is 2.39. The van der Waals surface area contributed by atoms with Crippen LogP contribution in [0.1, 0.15) is 40.0 Å². The summed E-state index contributed by atoms with van der Waals surface area (Å²) in [4.78, 5) is 14.0. The molecule has 0 radical (unpaired) electrons. The lowest BCUT2D eigenvalue weighted by Crippen LogP contribution is -2.42. The molecule has 1 aliphatic heterocycles. The largest absolute Gasteiger partial charge is 0.328 e. The molecule has 1 heterocycles. The van der Waals surface area contributed by atoms with Crippen molar-refractivity contribution in [2.75, 3.05) is 13.2 Å². The fourth-order valence-electron chi connectivity index (χ4n) is 2.62. The number of carbonyl (C=O) groups is 1. The standard InChI is InChI=1S/C12H22N2O/c1-9(2)10-11(15)14(8-13-10)7-12(3)5-4-6-12/h9-10,13H,4-8H2,1-3H3. The highest BCUT2D eigenvalue weighted by atomic mass is 16.2. The van der Waals surface area contributed by atoms with Crippen LogP contribution in [-0.4, -0.2) is 30.1 Å². The van der Waals surface area contributed by atoms with Crippen molar-refractivity contribution in [1.82, 2.24) is 10.2 Å². The summed E-state index contributed by atoms with van der Waals surface area (Å²) in [6.07, 6.45) is 3.89. The van der Waals surface area contributed by atoms with E-state index in [0.717, 1.165) is 13.2 Å². The lowest BCUT2D eigenvalue weighted by Gasteiger charge is -2.41. The SMILES string of the molecule is CC(C)C1NCN(CC2(C)CCC2)C1=O. The third kappa shape index (κ3) is 2.03. The molecule has 2 rings (SSSR count). The second-order valence-corrected chi connectivity index (χ2v) is 5.78. The Hall–Kier alpha value is -0.570. The number of amides is 1. The predicted molar refractivity (Wildman–Crippen MR) is 60.3 cm³/mol. The number of hydrogen-bond donors (Lipinski definition) is 1. The zero-order valence-electron chi connectivity index (χ0n) is 10.0. The first-order valence-electron chi connectivity index (χ1n) is 6.04. The Morgan fingerprint density at radius 2 is 2.20 bits per heavy atom. The maximum Gasteiger partial charge on any atom is 0.241 e. The quantitative estimate of drug-likeness (QED) is 0.767. The topological polar surface area (TPSA) is 32.3 Å². The number of carbonyl (C=O) groups excluding carboxylic acids is 1. The van der Waals surface area contributed by atoms with Crippen LogP contribution in [0.4, 0.5) is 0 Å². The molecule has 1 unspecified atom stereocenters. The van der Waals surface area contributed by atoms with Gasteiger partial charge in [-0.15, -0.1) is 0 Å². The van der Waals surface area contributed by atoms with Gasteiger partial charge < -0.3 is 4.90 Å². The Morgan fingerprint density at radius 3 is 2.60 bits per heavy atom. The first kappa shape index (κ1) is 10.9. The fraction of sp³-hybridized carbons (Fsp3) is 0.917. The van der Waals surface area contributed by atoms with Crippen molar-refractivity contribution >= 4 is 5.91 Å². The van der Waals surface area contributed by atoms with Crippen molar-refractivity contribution < 1.29 is 4.79 Å². The van der Waals surface area contributed by atoms with E-state index in [-0.39, 0.29) is 6.04 Å². The monoisotopic (exact) mass is 210 g/mol. The van der Waals surface area contributed by atoms with Gasteiger partial charge in [0.05, 0.1) is 12.7 Å². The van der Waals surface area contributed by atoms with Crippen molar-refractivity contribution in [3.8, 4) is 0 Å². The van der Waals surface area contributed by atoms with Crippen LogP contribution in [0.25, 0.3) is 0 Å². The molecule has 0 aromatic carbocycles. The maximum absolute atomic E-state index is 12.0. The molecule has 86 valence electrons. The van der Waals surface area contributed by atoms with E-state index in [0.29, 0.717) is 17.2 Å².